The summed E-state index contributed by atoms with van der Waals surface area (Å²) in [5.41, 5.74) is 0. The zero-order valence-corrected chi connectivity index (χ0v) is 5.91. The summed E-state index contributed by atoms with van der Waals surface area (Å²) in [4.78, 5) is 20.4. The molecule has 0 aromatic heterocycles. The minimum atomic E-state index is 0.0144. The van der Waals surface area contributed by atoms with E-state index in [0.29, 0.717) is 12.7 Å². The number of carbonyl (C=O) groups excluding carboxylic acids is 2. The summed E-state index contributed by atoms with van der Waals surface area (Å²) in [6.07, 6.45) is 6.98. The molecule has 0 bridgehead atoms. The molecule has 0 spiro atoms. The fourth-order valence-corrected chi connectivity index (χ4v) is 0.494. The normalized spacial score (nSPS) is 10.9. The van der Waals surface area contributed by atoms with E-state index in [1.807, 2.05) is 0 Å². The quantitative estimate of drug-likeness (QED) is 0.433. The summed E-state index contributed by atoms with van der Waals surface area (Å²) in [6, 6.07) is 0. The molecule has 0 heterocycles. The number of rotatable bonds is 4. The maximum atomic E-state index is 10.7. The number of allylic oxidation sites excluding steroid dienone is 4. The Hall–Kier alpha value is -1.18. The fourth-order valence-electron chi connectivity index (χ4n) is 0.494. The van der Waals surface area contributed by atoms with Crippen molar-refractivity contribution in [3.8, 4) is 0 Å². The molecule has 0 saturated carbocycles. The van der Waals surface area contributed by atoms with Crippen LogP contribution < -0.4 is 0 Å². The third-order valence-corrected chi connectivity index (χ3v) is 0.886. The van der Waals surface area contributed by atoms with E-state index in [2.05, 4.69) is 0 Å². The lowest BCUT2D eigenvalue weighted by atomic mass is 10.2. The average molecular weight is 138 g/mol. The Bertz CT molecular complexity index is 166. The van der Waals surface area contributed by atoms with E-state index in [4.69, 9.17) is 0 Å². The van der Waals surface area contributed by atoms with Crippen LogP contribution in [0.15, 0.2) is 24.3 Å². The average Bonchev–Trinajstić information content (AvgIpc) is 1.89. The van der Waals surface area contributed by atoms with Crippen LogP contribution in [0.25, 0.3) is 0 Å². The second-order valence-corrected chi connectivity index (χ2v) is 1.73. The van der Waals surface area contributed by atoms with Gasteiger partial charge < -0.3 is 0 Å². The number of carbonyl (C=O) groups is 2. The lowest BCUT2D eigenvalue weighted by Crippen LogP contribution is -1.87. The molecule has 0 unspecified atom stereocenters. The van der Waals surface area contributed by atoms with Gasteiger partial charge in [0.1, 0.15) is 6.29 Å². The Labute approximate surface area is 60.2 Å². The summed E-state index contributed by atoms with van der Waals surface area (Å²) < 4.78 is 0. The van der Waals surface area contributed by atoms with Gasteiger partial charge >= 0.3 is 0 Å². The molecule has 0 aromatic carbocycles. The minimum Gasteiger partial charge on any atom is -0.299 e. The number of ketones is 1. The van der Waals surface area contributed by atoms with Crippen molar-refractivity contribution in [2.45, 2.75) is 13.3 Å². The highest BCUT2D eigenvalue weighted by Crippen LogP contribution is 1.86. The molecule has 2 heteroatoms. The summed E-state index contributed by atoms with van der Waals surface area (Å²) in [6.45, 7) is 1.78. The molecule has 0 rings (SSSR count). The van der Waals surface area contributed by atoms with Crippen LogP contribution >= 0.6 is 0 Å². The molecule has 0 N–H and O–H groups in total. The van der Waals surface area contributed by atoms with E-state index < -0.39 is 0 Å². The van der Waals surface area contributed by atoms with Gasteiger partial charge in [-0.05, 0) is 19.1 Å². The monoisotopic (exact) mass is 138 g/mol. The summed E-state index contributed by atoms with van der Waals surface area (Å²) in [7, 11) is 0. The van der Waals surface area contributed by atoms with Gasteiger partial charge in [-0.2, -0.15) is 0 Å². The summed E-state index contributed by atoms with van der Waals surface area (Å²) in [5, 5.41) is 0. The second kappa shape index (κ2) is 5.95. The molecule has 10 heavy (non-hydrogen) atoms. The Morgan fingerprint density at radius 2 is 2.20 bits per heavy atom. The zero-order chi connectivity index (χ0) is 7.82. The molecule has 54 valence electrons. The molecule has 0 amide bonds. The van der Waals surface area contributed by atoms with Crippen molar-refractivity contribution < 1.29 is 9.59 Å². The standard InChI is InChI=1S/C8H10O2/c1-2-5-8(10)6-3-4-7-9/h2-5,7H,6H2,1H3. The molecule has 0 aliphatic carbocycles. The first-order chi connectivity index (χ1) is 4.81. The van der Waals surface area contributed by atoms with Crippen LogP contribution in [0.2, 0.25) is 0 Å². The molecular formula is C8H10O2. The van der Waals surface area contributed by atoms with Gasteiger partial charge in [0.25, 0.3) is 0 Å². The molecule has 0 atom stereocenters. The highest BCUT2D eigenvalue weighted by atomic mass is 16.1. The van der Waals surface area contributed by atoms with E-state index in [1.54, 1.807) is 13.0 Å². The SMILES string of the molecule is CC=CC(=O)CC=CC=O. The summed E-state index contributed by atoms with van der Waals surface area (Å²) >= 11 is 0. The van der Waals surface area contributed by atoms with Crippen LogP contribution in [0.5, 0.6) is 0 Å². The van der Waals surface area contributed by atoms with Crippen LogP contribution in [0.4, 0.5) is 0 Å². The highest BCUT2D eigenvalue weighted by Gasteiger charge is 1.88. The van der Waals surface area contributed by atoms with E-state index in [1.165, 1.54) is 18.2 Å². The van der Waals surface area contributed by atoms with Crippen molar-refractivity contribution in [1.29, 1.82) is 0 Å². The van der Waals surface area contributed by atoms with Gasteiger partial charge in [0.2, 0.25) is 0 Å². The van der Waals surface area contributed by atoms with E-state index in [0.717, 1.165) is 0 Å². The van der Waals surface area contributed by atoms with Gasteiger partial charge in [-0.25, -0.2) is 0 Å². The van der Waals surface area contributed by atoms with Crippen molar-refractivity contribution in [3.63, 3.8) is 0 Å². The van der Waals surface area contributed by atoms with Crippen molar-refractivity contribution in [3.05, 3.63) is 24.3 Å². The smallest absolute Gasteiger partial charge is 0.159 e. The first-order valence-corrected chi connectivity index (χ1v) is 3.07. The Morgan fingerprint density at radius 3 is 2.70 bits per heavy atom. The maximum absolute atomic E-state index is 10.7. The van der Waals surface area contributed by atoms with Gasteiger partial charge in [0, 0.05) is 6.42 Å². The second-order valence-electron chi connectivity index (χ2n) is 1.73. The number of hydrogen-bond acceptors (Lipinski definition) is 2. The van der Waals surface area contributed by atoms with Crippen molar-refractivity contribution in [2.75, 3.05) is 0 Å². The van der Waals surface area contributed by atoms with E-state index >= 15 is 0 Å². The summed E-state index contributed by atoms with van der Waals surface area (Å²) in [5.74, 6) is 0.0144. The lowest BCUT2D eigenvalue weighted by Gasteiger charge is -1.82. The van der Waals surface area contributed by atoms with Crippen molar-refractivity contribution in [2.24, 2.45) is 0 Å². The van der Waals surface area contributed by atoms with Crippen LogP contribution in [-0.4, -0.2) is 12.1 Å². The zero-order valence-electron chi connectivity index (χ0n) is 5.91. The molecule has 0 saturated heterocycles. The first-order valence-electron chi connectivity index (χ1n) is 3.07. The van der Waals surface area contributed by atoms with E-state index in [-0.39, 0.29) is 5.78 Å². The molecule has 2 nitrogen and oxygen atoms in total. The molecule has 0 aromatic rings. The molecule has 0 aliphatic rings. The van der Waals surface area contributed by atoms with E-state index in [9.17, 15) is 9.59 Å². The minimum absolute atomic E-state index is 0.0144. The number of hydrogen-bond donors (Lipinski definition) is 0. The van der Waals surface area contributed by atoms with Crippen molar-refractivity contribution in [1.82, 2.24) is 0 Å². The van der Waals surface area contributed by atoms with Gasteiger partial charge in [-0.1, -0.05) is 12.2 Å². The van der Waals surface area contributed by atoms with Crippen LogP contribution in [0.3, 0.4) is 0 Å². The Kier molecular flexibility index (Phi) is 5.25. The van der Waals surface area contributed by atoms with Gasteiger partial charge in [-0.15, -0.1) is 0 Å². The van der Waals surface area contributed by atoms with Crippen LogP contribution in [0.1, 0.15) is 13.3 Å². The molecular weight excluding hydrogens is 128 g/mol. The predicted octanol–water partition coefficient (Wildman–Crippen LogP) is 1.28. The highest BCUT2D eigenvalue weighted by molar-refractivity contribution is 5.90. The van der Waals surface area contributed by atoms with Crippen molar-refractivity contribution >= 4 is 12.1 Å². The predicted molar refractivity (Wildman–Crippen MR) is 39.6 cm³/mol. The topological polar surface area (TPSA) is 34.1 Å². The lowest BCUT2D eigenvalue weighted by molar-refractivity contribution is -0.113. The third-order valence-electron chi connectivity index (χ3n) is 0.886. The number of aldehydes is 1. The van der Waals surface area contributed by atoms with Gasteiger partial charge in [-0.3, -0.25) is 9.59 Å². The Morgan fingerprint density at radius 1 is 1.50 bits per heavy atom. The van der Waals surface area contributed by atoms with Crippen LogP contribution in [-0.2, 0) is 9.59 Å². The first kappa shape index (κ1) is 8.82. The third kappa shape index (κ3) is 4.97. The Balaban J connectivity index is 3.58. The largest absolute Gasteiger partial charge is 0.299 e. The molecule has 0 fully saturated rings. The molecule has 0 aliphatic heterocycles. The molecule has 0 radical (unpaired) electrons. The van der Waals surface area contributed by atoms with Gasteiger partial charge in [0.05, 0.1) is 0 Å². The van der Waals surface area contributed by atoms with Gasteiger partial charge in [0.15, 0.2) is 5.78 Å². The fraction of sp³-hybridized carbons (Fsp3) is 0.250. The van der Waals surface area contributed by atoms with Crippen LogP contribution in [0, 0.1) is 0 Å². The maximum Gasteiger partial charge on any atom is 0.159 e.